The number of rotatable bonds is 7. The number of aliphatic hydroxyl groups is 1. The highest BCUT2D eigenvalue weighted by Gasteiger charge is 2.22. The maximum absolute atomic E-state index is 9.78. The van der Waals surface area contributed by atoms with Gasteiger partial charge in [0.2, 0.25) is 0 Å². The SMILES string of the molecule is CCCOCc1nc2nc(-c3ccccc3)nc(NC3CCC(O)CC3)c2[nH]1.S.S. The van der Waals surface area contributed by atoms with Crippen LogP contribution < -0.4 is 5.32 Å². The predicted molar refractivity (Wildman–Crippen MR) is 130 cm³/mol. The van der Waals surface area contributed by atoms with Crippen LogP contribution in [0.2, 0.25) is 0 Å². The van der Waals surface area contributed by atoms with Crippen molar-refractivity contribution in [2.75, 3.05) is 11.9 Å². The fourth-order valence-corrected chi connectivity index (χ4v) is 3.56. The number of fused-ring (bicyclic) bond motifs is 1. The summed E-state index contributed by atoms with van der Waals surface area (Å²) in [5, 5.41) is 13.3. The molecule has 1 aliphatic carbocycles. The number of nitrogens with one attached hydrogen (secondary N) is 2. The number of H-pyrrole nitrogens is 1. The van der Waals surface area contributed by atoms with Crippen LogP contribution in [-0.2, 0) is 11.3 Å². The lowest BCUT2D eigenvalue weighted by Gasteiger charge is -2.26. The van der Waals surface area contributed by atoms with Gasteiger partial charge in [0.05, 0.1) is 6.10 Å². The fourth-order valence-electron chi connectivity index (χ4n) is 3.56. The molecule has 0 radical (unpaired) electrons. The van der Waals surface area contributed by atoms with E-state index < -0.39 is 0 Å². The normalized spacial score (nSPS) is 18.5. The van der Waals surface area contributed by atoms with Gasteiger partial charge in [0.1, 0.15) is 17.9 Å². The molecule has 1 saturated carbocycles. The monoisotopic (exact) mass is 449 g/mol. The van der Waals surface area contributed by atoms with E-state index in [1.165, 1.54) is 0 Å². The average molecular weight is 450 g/mol. The minimum Gasteiger partial charge on any atom is -0.393 e. The molecule has 0 atom stereocenters. The van der Waals surface area contributed by atoms with Crippen LogP contribution in [0.4, 0.5) is 5.82 Å². The summed E-state index contributed by atoms with van der Waals surface area (Å²) in [6.45, 7) is 3.22. The number of nitrogens with zero attached hydrogens (tertiary/aromatic N) is 3. The van der Waals surface area contributed by atoms with E-state index in [4.69, 9.17) is 9.72 Å². The minimum atomic E-state index is -0.183. The number of anilines is 1. The standard InChI is InChI=1S/C21H27N5O2.2H2S/c1-2-12-28-13-17-23-18-20(22-15-8-10-16(27)11-9-15)25-19(26-21(18)24-17)14-6-4-3-5-7-14;;/h3-7,15-16,27H,2,8-13H2,1H3,(H2,22,23,24,25,26);2*1H2. The van der Waals surface area contributed by atoms with Crippen LogP contribution in [0.5, 0.6) is 0 Å². The van der Waals surface area contributed by atoms with E-state index in [0.717, 1.165) is 54.8 Å². The first-order chi connectivity index (χ1) is 13.7. The van der Waals surface area contributed by atoms with Gasteiger partial charge >= 0.3 is 0 Å². The van der Waals surface area contributed by atoms with Crippen LogP contribution in [0.15, 0.2) is 30.3 Å². The van der Waals surface area contributed by atoms with E-state index in [0.29, 0.717) is 24.7 Å². The molecule has 0 unspecified atom stereocenters. The summed E-state index contributed by atoms with van der Waals surface area (Å²) in [7, 11) is 0. The molecular formula is C21H31N5O2S2. The summed E-state index contributed by atoms with van der Waals surface area (Å²) in [4.78, 5) is 17.4. The quantitative estimate of drug-likeness (QED) is 0.474. The largest absolute Gasteiger partial charge is 0.393 e. The predicted octanol–water partition coefficient (Wildman–Crippen LogP) is 3.89. The molecule has 164 valence electrons. The van der Waals surface area contributed by atoms with Crippen molar-refractivity contribution in [3.8, 4) is 11.4 Å². The lowest BCUT2D eigenvalue weighted by Crippen LogP contribution is -2.28. The molecule has 1 aliphatic rings. The number of hydrogen-bond donors (Lipinski definition) is 3. The molecule has 3 aromatic rings. The maximum Gasteiger partial charge on any atom is 0.183 e. The molecule has 2 aromatic heterocycles. The highest BCUT2D eigenvalue weighted by molar-refractivity contribution is 7.59. The van der Waals surface area contributed by atoms with Crippen LogP contribution in [0.1, 0.15) is 44.9 Å². The van der Waals surface area contributed by atoms with Crippen molar-refractivity contribution in [2.24, 2.45) is 0 Å². The van der Waals surface area contributed by atoms with Crippen molar-refractivity contribution in [3.05, 3.63) is 36.2 Å². The first kappa shape index (κ1) is 24.5. The Balaban J connectivity index is 0.00000160. The third kappa shape index (κ3) is 5.87. The molecule has 1 fully saturated rings. The first-order valence-electron chi connectivity index (χ1n) is 10.1. The Bertz CT molecular complexity index is 914. The summed E-state index contributed by atoms with van der Waals surface area (Å²) in [5.74, 6) is 2.17. The second kappa shape index (κ2) is 11.5. The van der Waals surface area contributed by atoms with Crippen molar-refractivity contribution in [1.82, 2.24) is 19.9 Å². The third-order valence-electron chi connectivity index (χ3n) is 5.06. The molecule has 7 nitrogen and oxygen atoms in total. The van der Waals surface area contributed by atoms with Crippen molar-refractivity contribution in [3.63, 3.8) is 0 Å². The van der Waals surface area contributed by atoms with E-state index in [1.807, 2.05) is 30.3 Å². The van der Waals surface area contributed by atoms with Crippen molar-refractivity contribution < 1.29 is 9.84 Å². The lowest BCUT2D eigenvalue weighted by molar-refractivity contribution is 0.117. The summed E-state index contributed by atoms with van der Waals surface area (Å²) in [5.41, 5.74) is 2.40. The zero-order chi connectivity index (χ0) is 19.3. The van der Waals surface area contributed by atoms with Crippen molar-refractivity contribution >= 4 is 44.0 Å². The molecule has 0 saturated heterocycles. The number of ether oxygens (including phenoxy) is 1. The fraction of sp³-hybridized carbons (Fsp3) is 0.476. The Morgan fingerprint density at radius 1 is 1.07 bits per heavy atom. The minimum absolute atomic E-state index is 0. The molecule has 4 rings (SSSR count). The van der Waals surface area contributed by atoms with Crippen LogP contribution in [0, 0.1) is 0 Å². The van der Waals surface area contributed by atoms with E-state index in [-0.39, 0.29) is 39.1 Å². The van der Waals surface area contributed by atoms with Gasteiger partial charge in [0.15, 0.2) is 17.3 Å². The van der Waals surface area contributed by atoms with E-state index in [2.05, 4.69) is 27.2 Å². The molecule has 2 heterocycles. The van der Waals surface area contributed by atoms with Gasteiger partial charge in [-0.15, -0.1) is 0 Å². The Kier molecular flexibility index (Phi) is 9.41. The Morgan fingerprint density at radius 2 is 1.80 bits per heavy atom. The van der Waals surface area contributed by atoms with Gasteiger partial charge in [-0.2, -0.15) is 27.0 Å². The molecule has 30 heavy (non-hydrogen) atoms. The zero-order valence-corrected chi connectivity index (χ0v) is 19.2. The topological polar surface area (TPSA) is 96.0 Å². The van der Waals surface area contributed by atoms with E-state index in [1.54, 1.807) is 0 Å². The maximum atomic E-state index is 9.78. The lowest BCUT2D eigenvalue weighted by atomic mass is 9.93. The Hall–Kier alpha value is -1.81. The second-order valence-corrected chi connectivity index (χ2v) is 7.35. The highest BCUT2D eigenvalue weighted by atomic mass is 32.1. The van der Waals surface area contributed by atoms with Gasteiger partial charge in [-0.3, -0.25) is 0 Å². The first-order valence-corrected chi connectivity index (χ1v) is 10.1. The van der Waals surface area contributed by atoms with Crippen LogP contribution in [0.25, 0.3) is 22.6 Å². The molecule has 0 amide bonds. The second-order valence-electron chi connectivity index (χ2n) is 7.35. The molecule has 9 heteroatoms. The van der Waals surface area contributed by atoms with Gasteiger partial charge in [0, 0.05) is 18.2 Å². The number of hydrogen-bond acceptors (Lipinski definition) is 6. The van der Waals surface area contributed by atoms with Crippen molar-refractivity contribution in [1.29, 1.82) is 0 Å². The summed E-state index contributed by atoms with van der Waals surface area (Å²) < 4.78 is 5.62. The van der Waals surface area contributed by atoms with E-state index in [9.17, 15) is 5.11 Å². The number of imidazole rings is 1. The van der Waals surface area contributed by atoms with Gasteiger partial charge in [-0.25, -0.2) is 15.0 Å². The van der Waals surface area contributed by atoms with Gasteiger partial charge in [-0.05, 0) is 32.1 Å². The van der Waals surface area contributed by atoms with Gasteiger partial charge < -0.3 is 20.1 Å². The van der Waals surface area contributed by atoms with Gasteiger partial charge in [0.25, 0.3) is 0 Å². The average Bonchev–Trinajstić information content (AvgIpc) is 3.14. The van der Waals surface area contributed by atoms with Crippen LogP contribution >= 0.6 is 27.0 Å². The number of aromatic amines is 1. The smallest absolute Gasteiger partial charge is 0.183 e. The molecule has 0 bridgehead atoms. The number of aromatic nitrogens is 4. The van der Waals surface area contributed by atoms with Crippen molar-refractivity contribution in [2.45, 2.75) is 57.8 Å². The Labute approximate surface area is 191 Å². The molecule has 1 aromatic carbocycles. The number of benzene rings is 1. The molecule has 0 aliphatic heterocycles. The van der Waals surface area contributed by atoms with Crippen LogP contribution in [-0.4, -0.2) is 43.8 Å². The third-order valence-corrected chi connectivity index (χ3v) is 5.06. The highest BCUT2D eigenvalue weighted by Crippen LogP contribution is 2.27. The zero-order valence-electron chi connectivity index (χ0n) is 17.2. The Morgan fingerprint density at radius 3 is 2.50 bits per heavy atom. The molecule has 0 spiro atoms. The van der Waals surface area contributed by atoms with E-state index >= 15 is 0 Å². The van der Waals surface area contributed by atoms with Crippen LogP contribution in [0.3, 0.4) is 0 Å². The summed E-state index contributed by atoms with van der Waals surface area (Å²) in [6.07, 6.45) is 4.27. The summed E-state index contributed by atoms with van der Waals surface area (Å²) in [6, 6.07) is 10.2. The molecule has 3 N–H and O–H groups in total. The van der Waals surface area contributed by atoms with Gasteiger partial charge in [-0.1, -0.05) is 37.3 Å². The molecular weight excluding hydrogens is 418 g/mol. The summed E-state index contributed by atoms with van der Waals surface area (Å²) >= 11 is 0. The number of aliphatic hydroxyl groups excluding tert-OH is 1.